The summed E-state index contributed by atoms with van der Waals surface area (Å²) in [5.74, 6) is 0. The van der Waals surface area contributed by atoms with E-state index in [-0.39, 0.29) is 0 Å². The van der Waals surface area contributed by atoms with Crippen LogP contribution in [0.3, 0.4) is 0 Å². The van der Waals surface area contributed by atoms with Crippen LogP contribution < -0.4 is 10.4 Å². The Hall–Kier alpha value is -1.19. The molecule has 0 saturated carbocycles. The van der Waals surface area contributed by atoms with E-state index in [0.717, 1.165) is 10.4 Å². The zero-order valence-electron chi connectivity index (χ0n) is 16.9. The van der Waals surface area contributed by atoms with Gasteiger partial charge in [0.05, 0.1) is 6.61 Å². The molecule has 5 nitrogen and oxygen atoms in total. The second kappa shape index (κ2) is 8.15. The number of aliphatic hydroxyl groups excluding tert-OH is 3. The highest BCUT2D eigenvalue weighted by Gasteiger charge is 2.70. The lowest BCUT2D eigenvalue weighted by molar-refractivity contribution is -0.225. The Morgan fingerprint density at radius 3 is 1.79 bits per heavy atom. The quantitative estimate of drug-likeness (QED) is 0.361. The van der Waals surface area contributed by atoms with Crippen LogP contribution >= 0.6 is 12.6 Å². The Bertz CT molecular complexity index is 773. The van der Waals surface area contributed by atoms with E-state index < -0.39 is 48.7 Å². The Morgan fingerprint density at radius 1 is 0.966 bits per heavy atom. The van der Waals surface area contributed by atoms with Gasteiger partial charge in [-0.2, -0.15) is 0 Å². The Morgan fingerprint density at radius 2 is 1.41 bits per heavy atom. The molecule has 0 unspecified atom stereocenters. The van der Waals surface area contributed by atoms with Crippen LogP contribution in [-0.2, 0) is 4.74 Å². The van der Waals surface area contributed by atoms with Gasteiger partial charge in [0.25, 0.3) is 0 Å². The molecule has 1 aliphatic heterocycles. The van der Waals surface area contributed by atoms with Crippen molar-refractivity contribution >= 4 is 31.1 Å². The van der Waals surface area contributed by atoms with Crippen molar-refractivity contribution in [3.8, 4) is 0 Å². The average molecular weight is 435 g/mol. The molecule has 1 heterocycles. The van der Waals surface area contributed by atoms with Crippen LogP contribution in [0.4, 0.5) is 0 Å². The van der Waals surface area contributed by atoms with E-state index in [1.54, 1.807) is 0 Å². The molecule has 0 aromatic heterocycles. The van der Waals surface area contributed by atoms with Crippen LogP contribution in [-0.4, -0.2) is 64.1 Å². The molecule has 4 N–H and O–H groups in total. The summed E-state index contributed by atoms with van der Waals surface area (Å²) in [6.07, 6.45) is -4.02. The predicted molar refractivity (Wildman–Crippen MR) is 119 cm³/mol. The standard InChI is InChI=1S/C22H30O5SSi/c1-21(2,3)29(15-10-6-4-7-11-15,16-12-8-5-9-13-16)22(26)19(25)18(24)17(14-23)27-20(22)28/h4-13,17-20,23-26,28H,14H2,1-3H3/t17-,18-,19+,20+,22-/m1/s1. The second-order valence-corrected chi connectivity index (χ2v) is 14.1. The second-order valence-electron chi connectivity index (χ2n) is 8.70. The highest BCUT2D eigenvalue weighted by molar-refractivity contribution is 7.81. The fourth-order valence-corrected chi connectivity index (χ4v) is 12.5. The molecule has 1 aliphatic rings. The highest BCUT2D eigenvalue weighted by atomic mass is 32.1. The molecule has 1 fully saturated rings. The van der Waals surface area contributed by atoms with Gasteiger partial charge in [-0.15, -0.1) is 12.6 Å². The number of rotatable bonds is 4. The predicted octanol–water partition coefficient (Wildman–Crippen LogP) is 0.689. The number of thiol groups is 1. The summed E-state index contributed by atoms with van der Waals surface area (Å²) in [6, 6.07) is 19.3. The topological polar surface area (TPSA) is 90.2 Å². The van der Waals surface area contributed by atoms with Crippen LogP contribution in [0, 0.1) is 0 Å². The zero-order valence-corrected chi connectivity index (χ0v) is 18.8. The Kier molecular flexibility index (Phi) is 6.32. The SMILES string of the molecule is CC(C)(C)[Si](c1ccccc1)(c1ccccc1)[C@@]1(O)[C@H](S)O[C@H](CO)[C@@H](O)[C@@H]1O. The van der Waals surface area contributed by atoms with Gasteiger partial charge in [-0.1, -0.05) is 91.8 Å². The molecule has 2 aromatic rings. The van der Waals surface area contributed by atoms with Crippen molar-refractivity contribution in [3.05, 3.63) is 60.7 Å². The highest BCUT2D eigenvalue weighted by Crippen LogP contribution is 2.49. The molecule has 7 heteroatoms. The third-order valence-electron chi connectivity index (χ3n) is 6.15. The first-order chi connectivity index (χ1) is 13.6. The summed E-state index contributed by atoms with van der Waals surface area (Å²) in [5.41, 5.74) is -1.11. The van der Waals surface area contributed by atoms with Crippen LogP contribution in [0.25, 0.3) is 0 Å². The summed E-state index contributed by atoms with van der Waals surface area (Å²) in [5, 5.41) is 43.3. The van der Waals surface area contributed by atoms with Crippen molar-refractivity contribution < 1.29 is 25.2 Å². The minimum absolute atomic E-state index is 0.480. The van der Waals surface area contributed by atoms with E-state index in [1.165, 1.54) is 0 Å². The van der Waals surface area contributed by atoms with E-state index >= 15 is 0 Å². The first kappa shape index (κ1) is 22.5. The van der Waals surface area contributed by atoms with Gasteiger partial charge in [-0.3, -0.25) is 0 Å². The monoisotopic (exact) mass is 434 g/mol. The van der Waals surface area contributed by atoms with Gasteiger partial charge in [-0.25, -0.2) is 0 Å². The molecule has 0 bridgehead atoms. The maximum Gasteiger partial charge on any atom is 0.165 e. The third-order valence-corrected chi connectivity index (χ3v) is 13.3. The van der Waals surface area contributed by atoms with Gasteiger partial charge >= 0.3 is 0 Å². The summed E-state index contributed by atoms with van der Waals surface area (Å²) in [7, 11) is -3.32. The molecule has 3 rings (SSSR count). The number of hydrogen-bond donors (Lipinski definition) is 5. The van der Waals surface area contributed by atoms with E-state index in [2.05, 4.69) is 12.6 Å². The largest absolute Gasteiger partial charge is 0.394 e. The number of hydrogen-bond acceptors (Lipinski definition) is 6. The third kappa shape index (κ3) is 3.29. The fraction of sp³-hybridized carbons (Fsp3) is 0.455. The minimum Gasteiger partial charge on any atom is -0.394 e. The van der Waals surface area contributed by atoms with Crippen LogP contribution in [0.5, 0.6) is 0 Å². The van der Waals surface area contributed by atoms with Gasteiger partial charge in [0, 0.05) is 0 Å². The van der Waals surface area contributed by atoms with E-state index in [4.69, 9.17) is 4.74 Å². The van der Waals surface area contributed by atoms with E-state index in [0.29, 0.717) is 0 Å². The summed E-state index contributed by atoms with van der Waals surface area (Å²) < 4.78 is 5.77. The maximum atomic E-state index is 12.3. The van der Waals surface area contributed by atoms with Crippen molar-refractivity contribution in [1.82, 2.24) is 0 Å². The molecule has 0 aliphatic carbocycles. The molecule has 2 aromatic carbocycles. The lowest BCUT2D eigenvalue weighted by Gasteiger charge is -2.60. The molecular weight excluding hydrogens is 404 g/mol. The summed E-state index contributed by atoms with van der Waals surface area (Å²) >= 11 is 4.56. The van der Waals surface area contributed by atoms with E-state index in [1.807, 2.05) is 81.4 Å². The van der Waals surface area contributed by atoms with Crippen molar-refractivity contribution in [2.24, 2.45) is 0 Å². The Labute approximate surface area is 178 Å². The number of aliphatic hydroxyl groups is 4. The van der Waals surface area contributed by atoms with Crippen molar-refractivity contribution in [1.29, 1.82) is 0 Å². The molecule has 29 heavy (non-hydrogen) atoms. The summed E-state index contributed by atoms with van der Waals surface area (Å²) in [6.45, 7) is 5.63. The van der Waals surface area contributed by atoms with Crippen molar-refractivity contribution in [3.63, 3.8) is 0 Å². The van der Waals surface area contributed by atoms with Crippen LogP contribution in [0.15, 0.2) is 60.7 Å². The van der Waals surface area contributed by atoms with Gasteiger partial charge in [0.15, 0.2) is 8.07 Å². The van der Waals surface area contributed by atoms with Crippen molar-refractivity contribution in [2.75, 3.05) is 6.61 Å². The van der Waals surface area contributed by atoms with E-state index in [9.17, 15) is 20.4 Å². The lowest BCUT2D eigenvalue weighted by atomic mass is 9.99. The number of benzene rings is 2. The smallest absolute Gasteiger partial charge is 0.165 e. The molecule has 0 spiro atoms. The number of ether oxygens (including phenoxy) is 1. The first-order valence-electron chi connectivity index (χ1n) is 9.76. The molecule has 0 amide bonds. The van der Waals surface area contributed by atoms with Gasteiger partial charge in [0.2, 0.25) is 0 Å². The zero-order chi connectivity index (χ0) is 21.4. The fourth-order valence-electron chi connectivity index (χ4n) is 4.99. The Balaban J connectivity index is 2.40. The lowest BCUT2D eigenvalue weighted by Crippen LogP contribution is -2.86. The van der Waals surface area contributed by atoms with Crippen molar-refractivity contribution in [2.45, 2.75) is 54.8 Å². The molecular formula is C22H30O5SSi. The normalized spacial score (nSPS) is 30.9. The molecule has 1 saturated heterocycles. The minimum atomic E-state index is -3.32. The first-order valence-corrected chi connectivity index (χ1v) is 12.3. The molecule has 5 atom stereocenters. The molecule has 0 radical (unpaired) electrons. The van der Waals surface area contributed by atoms with Gasteiger partial charge in [0.1, 0.15) is 29.0 Å². The van der Waals surface area contributed by atoms with Crippen LogP contribution in [0.2, 0.25) is 5.04 Å². The summed E-state index contributed by atoms with van der Waals surface area (Å²) in [4.78, 5) is 0. The van der Waals surface area contributed by atoms with Crippen LogP contribution in [0.1, 0.15) is 20.8 Å². The average Bonchev–Trinajstić information content (AvgIpc) is 2.70. The van der Waals surface area contributed by atoms with Gasteiger partial charge < -0.3 is 25.2 Å². The molecule has 158 valence electrons. The maximum absolute atomic E-state index is 12.3. The van der Waals surface area contributed by atoms with Gasteiger partial charge in [-0.05, 0) is 5.04 Å².